The second-order valence-electron chi connectivity index (χ2n) is 12.5. The Labute approximate surface area is 256 Å². The minimum Gasteiger partial charge on any atom is -0.507 e. The number of piperazine rings is 2. The van der Waals surface area contributed by atoms with E-state index >= 15 is 4.39 Å². The molecule has 3 saturated heterocycles. The van der Waals surface area contributed by atoms with Gasteiger partial charge in [0.1, 0.15) is 40.3 Å². The molecule has 5 heterocycles. The number of carbonyl (C=O) groups is 2. The van der Waals surface area contributed by atoms with E-state index < -0.39 is 17.4 Å². The lowest BCUT2D eigenvalue weighted by molar-refractivity contribution is -0.128. The van der Waals surface area contributed by atoms with Crippen LogP contribution < -0.4 is 9.64 Å². The molecular formula is C31H38ClFN6O4. The molecule has 2 aromatic rings. The van der Waals surface area contributed by atoms with Crippen molar-refractivity contribution in [2.24, 2.45) is 0 Å². The van der Waals surface area contributed by atoms with Crippen molar-refractivity contribution in [2.75, 3.05) is 70.9 Å². The summed E-state index contributed by atoms with van der Waals surface area (Å²) in [6.45, 7) is 13.3. The van der Waals surface area contributed by atoms with Crippen molar-refractivity contribution in [3.05, 3.63) is 47.3 Å². The van der Waals surface area contributed by atoms with E-state index in [1.165, 1.54) is 24.3 Å². The number of pyridine rings is 1. The lowest BCUT2D eigenvalue weighted by atomic mass is 9.98. The molecule has 4 aliphatic heterocycles. The summed E-state index contributed by atoms with van der Waals surface area (Å²) in [5.41, 5.74) is -0.313. The van der Waals surface area contributed by atoms with Crippen LogP contribution in [0.2, 0.25) is 5.02 Å². The van der Waals surface area contributed by atoms with Gasteiger partial charge in [0.05, 0.1) is 11.6 Å². The van der Waals surface area contributed by atoms with Gasteiger partial charge in [0.2, 0.25) is 5.91 Å². The molecular weight excluding hydrogens is 575 g/mol. The fraction of sp³-hybridized carbons (Fsp3) is 0.516. The highest BCUT2D eigenvalue weighted by Gasteiger charge is 2.47. The Balaban J connectivity index is 1.47. The largest absolute Gasteiger partial charge is 0.507 e. The second kappa shape index (κ2) is 11.3. The van der Waals surface area contributed by atoms with Gasteiger partial charge in [0.25, 0.3) is 5.91 Å². The number of phenolic OH excluding ortho intramolecular Hbond substituents is 1. The van der Waals surface area contributed by atoms with Crippen LogP contribution in [0.15, 0.2) is 30.9 Å². The minimum absolute atomic E-state index is 0.0148. The molecule has 43 heavy (non-hydrogen) atoms. The van der Waals surface area contributed by atoms with E-state index in [4.69, 9.17) is 21.3 Å². The maximum Gasteiger partial charge on any atom is 0.261 e. The summed E-state index contributed by atoms with van der Waals surface area (Å²) in [6, 6.07) is 3.83. The summed E-state index contributed by atoms with van der Waals surface area (Å²) in [4.78, 5) is 42.0. The first-order valence-electron chi connectivity index (χ1n) is 14.8. The molecule has 0 aliphatic carbocycles. The van der Waals surface area contributed by atoms with Crippen LogP contribution in [0, 0.1) is 5.82 Å². The molecule has 230 valence electrons. The highest BCUT2D eigenvalue weighted by Crippen LogP contribution is 2.48. The Hall–Kier alpha value is -3.41. The third-order valence-electron chi connectivity index (χ3n) is 9.34. The van der Waals surface area contributed by atoms with Crippen LogP contribution >= 0.6 is 11.6 Å². The number of amides is 2. The number of anilines is 1. The molecule has 0 unspecified atom stereocenters. The molecule has 0 radical (unpaired) electrons. The Morgan fingerprint density at radius 2 is 1.88 bits per heavy atom. The lowest BCUT2D eigenvalue weighted by Crippen LogP contribution is -2.57. The molecule has 10 nitrogen and oxygen atoms in total. The number of fused-ring (bicyclic) bond motifs is 2. The van der Waals surface area contributed by atoms with Crippen molar-refractivity contribution in [1.29, 1.82) is 0 Å². The van der Waals surface area contributed by atoms with Gasteiger partial charge in [0.15, 0.2) is 5.75 Å². The number of aromatic nitrogens is 1. The van der Waals surface area contributed by atoms with Crippen molar-refractivity contribution in [3.63, 3.8) is 0 Å². The molecule has 6 rings (SSSR count). The highest BCUT2D eigenvalue weighted by molar-refractivity contribution is 6.35. The smallest absolute Gasteiger partial charge is 0.261 e. The Bertz CT molecular complexity index is 1440. The Morgan fingerprint density at radius 1 is 1.14 bits per heavy atom. The van der Waals surface area contributed by atoms with E-state index in [0.717, 1.165) is 32.6 Å². The zero-order valence-corrected chi connectivity index (χ0v) is 25.6. The van der Waals surface area contributed by atoms with E-state index in [-0.39, 0.29) is 64.4 Å². The predicted molar refractivity (Wildman–Crippen MR) is 162 cm³/mol. The fourth-order valence-corrected chi connectivity index (χ4v) is 7.18. The zero-order valence-electron chi connectivity index (χ0n) is 24.9. The van der Waals surface area contributed by atoms with Gasteiger partial charge >= 0.3 is 0 Å². The molecule has 3 fully saturated rings. The van der Waals surface area contributed by atoms with Crippen molar-refractivity contribution < 1.29 is 23.8 Å². The fourth-order valence-electron chi connectivity index (χ4n) is 6.90. The van der Waals surface area contributed by atoms with Crippen molar-refractivity contribution in [1.82, 2.24) is 24.6 Å². The number of hydrogen-bond donors (Lipinski definition) is 1. The van der Waals surface area contributed by atoms with E-state index in [9.17, 15) is 14.7 Å². The summed E-state index contributed by atoms with van der Waals surface area (Å²) in [7, 11) is 2.13. The van der Waals surface area contributed by atoms with Gasteiger partial charge in [-0.15, -0.1) is 0 Å². The summed E-state index contributed by atoms with van der Waals surface area (Å²) in [6.07, 6.45) is 2.11. The number of carbonyl (C=O) groups excluding carboxylic acids is 2. The van der Waals surface area contributed by atoms with Crippen LogP contribution in [0.5, 0.6) is 11.5 Å². The topological polar surface area (TPSA) is 92.7 Å². The number of ether oxygens (including phenoxy) is 1. The number of phenols is 1. The van der Waals surface area contributed by atoms with Gasteiger partial charge in [-0.05, 0) is 45.5 Å². The average molecular weight is 613 g/mol. The van der Waals surface area contributed by atoms with E-state index in [0.29, 0.717) is 25.5 Å². The van der Waals surface area contributed by atoms with E-state index in [1.54, 1.807) is 9.80 Å². The molecule has 0 spiro atoms. The van der Waals surface area contributed by atoms with Gasteiger partial charge in [0, 0.05) is 63.9 Å². The quantitative estimate of drug-likeness (QED) is 0.527. The summed E-state index contributed by atoms with van der Waals surface area (Å²) in [5.74, 6) is -1.03. The van der Waals surface area contributed by atoms with Crippen LogP contribution in [-0.2, 0) is 4.79 Å². The lowest BCUT2D eigenvalue weighted by Gasteiger charge is -2.40. The van der Waals surface area contributed by atoms with Gasteiger partial charge in [-0.1, -0.05) is 24.2 Å². The second-order valence-corrected chi connectivity index (χ2v) is 12.9. The maximum atomic E-state index is 15.3. The minimum atomic E-state index is -0.688. The third-order valence-corrected chi connectivity index (χ3v) is 9.69. The van der Waals surface area contributed by atoms with Crippen LogP contribution in [-0.4, -0.2) is 125 Å². The number of nitrogens with zero attached hydrogens (tertiary/aromatic N) is 6. The third kappa shape index (κ3) is 5.21. The summed E-state index contributed by atoms with van der Waals surface area (Å²) < 4.78 is 21.6. The number of likely N-dealkylation sites (N-methyl/N-ethyl adjacent to an activating group) is 1. The number of rotatable bonds is 4. The molecule has 2 amide bonds. The summed E-state index contributed by atoms with van der Waals surface area (Å²) in [5, 5.41) is 10.7. The SMILES string of the molecule is C=CC(=O)N1CCN2C(=O)c3c(N4C[C@H](N5CCN(C)CC5)CC4(C)C)nc(-c4c(O)cccc4F)c(Cl)c3OC[C@H]2C1. The number of benzene rings is 1. The molecule has 2 atom stereocenters. The molecule has 12 heteroatoms. The number of halogens is 2. The van der Waals surface area contributed by atoms with Gasteiger partial charge in [-0.2, -0.15) is 0 Å². The van der Waals surface area contributed by atoms with Crippen LogP contribution in [0.4, 0.5) is 10.2 Å². The highest BCUT2D eigenvalue weighted by atomic mass is 35.5. The molecule has 1 aromatic carbocycles. The van der Waals surface area contributed by atoms with Crippen molar-refractivity contribution in [3.8, 4) is 22.8 Å². The zero-order chi connectivity index (χ0) is 30.6. The maximum absolute atomic E-state index is 15.3. The normalized spacial score (nSPS) is 24.3. The molecule has 4 aliphatic rings. The first-order valence-corrected chi connectivity index (χ1v) is 15.1. The predicted octanol–water partition coefficient (Wildman–Crippen LogP) is 3.08. The molecule has 0 bridgehead atoms. The standard InChI is InChI=1S/C31H38ClFN6O4/c1-5-23(41)37-13-14-38-20(16-37)18-43-28-25(30(38)42)29(34-27(26(28)32)24-21(33)7-6-8-22(24)40)39-17-19(15-31(39,2)3)36-11-9-35(4)10-12-36/h5-8,19-20,40H,1,9-18H2,2-4H3/t19-,20-/m1/s1. The van der Waals surface area contributed by atoms with Crippen molar-refractivity contribution >= 4 is 29.2 Å². The van der Waals surface area contributed by atoms with Gasteiger partial charge < -0.3 is 29.4 Å². The molecule has 0 saturated carbocycles. The van der Waals surface area contributed by atoms with E-state index in [2.05, 4.69) is 42.2 Å². The molecule has 1 N–H and O–H groups in total. The molecule has 1 aromatic heterocycles. The van der Waals surface area contributed by atoms with Crippen LogP contribution in [0.25, 0.3) is 11.3 Å². The monoisotopic (exact) mass is 612 g/mol. The van der Waals surface area contributed by atoms with Gasteiger partial charge in [-0.3, -0.25) is 14.5 Å². The average Bonchev–Trinajstić information content (AvgIpc) is 3.22. The van der Waals surface area contributed by atoms with E-state index in [1.807, 2.05) is 0 Å². The number of aromatic hydroxyl groups is 1. The van der Waals surface area contributed by atoms with Crippen LogP contribution in [0.1, 0.15) is 30.6 Å². The summed E-state index contributed by atoms with van der Waals surface area (Å²) >= 11 is 6.91. The van der Waals surface area contributed by atoms with Crippen molar-refractivity contribution in [2.45, 2.75) is 37.9 Å². The first-order chi connectivity index (χ1) is 20.5. The van der Waals surface area contributed by atoms with Gasteiger partial charge in [-0.25, -0.2) is 9.37 Å². The Kier molecular flexibility index (Phi) is 7.76. The van der Waals surface area contributed by atoms with Crippen LogP contribution in [0.3, 0.4) is 0 Å². The Morgan fingerprint density at radius 3 is 2.58 bits per heavy atom. The first kappa shape index (κ1) is 29.7. The number of hydrogen-bond acceptors (Lipinski definition) is 8.